The third kappa shape index (κ3) is 2.15. The molecule has 5 atom stereocenters. The summed E-state index contributed by atoms with van der Waals surface area (Å²) < 4.78 is 19.4. The molecule has 1 spiro atoms. The van der Waals surface area contributed by atoms with Crippen LogP contribution in [0, 0.1) is 28.5 Å². The van der Waals surface area contributed by atoms with Gasteiger partial charge >= 0.3 is 0 Å². The van der Waals surface area contributed by atoms with E-state index in [1.165, 1.54) is 12.1 Å². The molecule has 4 heteroatoms. The Morgan fingerprint density at radius 1 is 1.29 bits per heavy atom. The fourth-order valence-corrected chi connectivity index (χ4v) is 5.97. The summed E-state index contributed by atoms with van der Waals surface area (Å²) in [5.74, 6) is 0.837. The second-order valence-corrected chi connectivity index (χ2v) is 8.52. The quantitative estimate of drug-likeness (QED) is 0.894. The van der Waals surface area contributed by atoms with Gasteiger partial charge in [-0.05, 0) is 59.6 Å². The number of rotatable bonds is 2. The Labute approximate surface area is 143 Å². The van der Waals surface area contributed by atoms with Crippen molar-refractivity contribution in [3.63, 3.8) is 0 Å². The van der Waals surface area contributed by atoms with E-state index in [-0.39, 0.29) is 34.7 Å². The van der Waals surface area contributed by atoms with Gasteiger partial charge in [0.25, 0.3) is 0 Å². The fraction of sp³-hybridized carbons (Fsp3) is 0.650. The monoisotopic (exact) mass is 331 g/mol. The van der Waals surface area contributed by atoms with Crippen LogP contribution in [0.3, 0.4) is 0 Å². The van der Waals surface area contributed by atoms with Gasteiger partial charge in [-0.15, -0.1) is 0 Å². The summed E-state index contributed by atoms with van der Waals surface area (Å²) in [4.78, 5) is 11.8. The molecule has 130 valence electrons. The Balaban J connectivity index is 1.71. The first-order valence-corrected chi connectivity index (χ1v) is 8.99. The van der Waals surface area contributed by atoms with Crippen LogP contribution in [0.4, 0.5) is 4.39 Å². The molecular formula is C20H26FNO2. The van der Waals surface area contributed by atoms with E-state index in [4.69, 9.17) is 4.74 Å². The molecule has 1 aliphatic heterocycles. The van der Waals surface area contributed by atoms with E-state index in [0.717, 1.165) is 24.8 Å². The van der Waals surface area contributed by atoms with Gasteiger partial charge in [0.15, 0.2) is 0 Å². The van der Waals surface area contributed by atoms with Gasteiger partial charge in [0.2, 0.25) is 5.91 Å². The minimum absolute atomic E-state index is 0.0108. The van der Waals surface area contributed by atoms with E-state index in [9.17, 15) is 9.18 Å². The molecule has 4 rings (SSSR count). The summed E-state index contributed by atoms with van der Waals surface area (Å²) in [6, 6.07) is 6.93. The highest BCUT2D eigenvalue weighted by atomic mass is 19.1. The van der Waals surface area contributed by atoms with Crippen LogP contribution in [0.25, 0.3) is 0 Å². The molecular weight excluding hydrogens is 305 g/mol. The lowest BCUT2D eigenvalue weighted by atomic mass is 9.59. The van der Waals surface area contributed by atoms with Crippen LogP contribution in [0.5, 0.6) is 0 Å². The molecule has 1 heterocycles. The van der Waals surface area contributed by atoms with Gasteiger partial charge in [0.1, 0.15) is 5.82 Å². The van der Waals surface area contributed by atoms with Gasteiger partial charge in [0.05, 0.1) is 6.10 Å². The molecule has 1 N–H and O–H groups in total. The lowest BCUT2D eigenvalue weighted by Gasteiger charge is -2.53. The average molecular weight is 331 g/mol. The number of fused-ring (bicyclic) bond motifs is 1. The highest BCUT2D eigenvalue weighted by Crippen LogP contribution is 2.70. The molecule has 2 aliphatic carbocycles. The highest BCUT2D eigenvalue weighted by Gasteiger charge is 2.68. The average Bonchev–Trinajstić information content (AvgIpc) is 3.01. The van der Waals surface area contributed by atoms with E-state index >= 15 is 0 Å². The van der Waals surface area contributed by atoms with Gasteiger partial charge in [-0.25, -0.2) is 4.39 Å². The van der Waals surface area contributed by atoms with Crippen LogP contribution >= 0.6 is 0 Å². The van der Waals surface area contributed by atoms with Crippen molar-refractivity contribution in [2.24, 2.45) is 22.7 Å². The Bertz CT molecular complexity index is 656. The van der Waals surface area contributed by atoms with E-state index in [0.29, 0.717) is 18.4 Å². The molecule has 0 aromatic heterocycles. The second kappa shape index (κ2) is 5.29. The van der Waals surface area contributed by atoms with Gasteiger partial charge in [-0.2, -0.15) is 0 Å². The molecule has 1 aromatic rings. The summed E-state index contributed by atoms with van der Waals surface area (Å²) in [5, 5.41) is 3.28. The number of carbonyl (C=O) groups is 1. The van der Waals surface area contributed by atoms with Crippen molar-refractivity contribution in [2.45, 2.75) is 52.2 Å². The normalized spacial score (nSPS) is 39.5. The van der Waals surface area contributed by atoms with Gasteiger partial charge in [-0.1, -0.05) is 26.0 Å². The molecule has 2 bridgehead atoms. The number of hydrogen-bond donors (Lipinski definition) is 1. The Hall–Kier alpha value is -1.42. The van der Waals surface area contributed by atoms with Crippen LogP contribution in [-0.2, 0) is 9.53 Å². The first-order chi connectivity index (χ1) is 11.3. The molecule has 3 aliphatic rings. The number of halogens is 1. The number of benzene rings is 1. The summed E-state index contributed by atoms with van der Waals surface area (Å²) in [6.45, 7) is 6.92. The van der Waals surface area contributed by atoms with Crippen LogP contribution in [-0.4, -0.2) is 18.6 Å². The van der Waals surface area contributed by atoms with Crippen molar-refractivity contribution in [3.8, 4) is 0 Å². The molecule has 3 nitrogen and oxygen atoms in total. The lowest BCUT2D eigenvalue weighted by Crippen LogP contribution is -2.58. The topological polar surface area (TPSA) is 38.3 Å². The van der Waals surface area contributed by atoms with E-state index in [1.807, 2.05) is 12.1 Å². The highest BCUT2D eigenvalue weighted by molar-refractivity contribution is 5.73. The maximum absolute atomic E-state index is 13.3. The third-order valence-corrected chi connectivity index (χ3v) is 7.05. The smallest absolute Gasteiger partial charge is 0.217 e. The van der Waals surface area contributed by atoms with Crippen molar-refractivity contribution in [2.75, 3.05) is 6.61 Å². The fourth-order valence-electron chi connectivity index (χ4n) is 5.97. The summed E-state index contributed by atoms with van der Waals surface area (Å²) in [5.41, 5.74) is 1.29. The molecule has 1 saturated heterocycles. The maximum atomic E-state index is 13.3. The predicted octanol–water partition coefficient (Wildman–Crippen LogP) is 3.84. The molecule has 1 amide bonds. The molecule has 0 unspecified atom stereocenters. The van der Waals surface area contributed by atoms with E-state index in [2.05, 4.69) is 19.2 Å². The van der Waals surface area contributed by atoms with Gasteiger partial charge in [-0.3, -0.25) is 4.79 Å². The molecule has 2 saturated carbocycles. The largest absolute Gasteiger partial charge is 0.373 e. The number of amides is 1. The summed E-state index contributed by atoms with van der Waals surface area (Å²) >= 11 is 0. The Morgan fingerprint density at radius 3 is 2.67 bits per heavy atom. The zero-order valence-corrected chi connectivity index (χ0v) is 14.6. The third-order valence-electron chi connectivity index (χ3n) is 7.05. The lowest BCUT2D eigenvalue weighted by molar-refractivity contribution is -0.136. The standard InChI is InChI=1S/C20H26FNO2/c1-12(23)22-18-19(2,3)14-10-16-17(13-4-6-15(21)7-5-13)24-9-8-20(16,18)11-14/h4-7,14,16-18H,8-11H2,1-3H3,(H,22,23)/t14-,16-,17-,18-,20-/m1/s1. The number of hydrogen-bond acceptors (Lipinski definition) is 2. The van der Waals surface area contributed by atoms with Crippen molar-refractivity contribution in [1.29, 1.82) is 0 Å². The molecule has 24 heavy (non-hydrogen) atoms. The zero-order chi connectivity index (χ0) is 17.1. The second-order valence-electron chi connectivity index (χ2n) is 8.52. The van der Waals surface area contributed by atoms with Crippen molar-refractivity contribution in [3.05, 3.63) is 35.6 Å². The molecule has 0 radical (unpaired) electrons. The van der Waals surface area contributed by atoms with Crippen LogP contribution in [0.2, 0.25) is 0 Å². The minimum Gasteiger partial charge on any atom is -0.373 e. The van der Waals surface area contributed by atoms with Gasteiger partial charge in [0, 0.05) is 19.6 Å². The SMILES string of the molecule is CC(=O)N[C@@H]1C(C)(C)[C@@H]2C[C@@H]3[C@@H](c4ccc(F)cc4)OCC[C@@]31C2. The molecule has 1 aromatic carbocycles. The van der Waals surface area contributed by atoms with Crippen LogP contribution in [0.15, 0.2) is 24.3 Å². The first-order valence-electron chi connectivity index (χ1n) is 8.99. The number of ether oxygens (including phenoxy) is 1. The Kier molecular flexibility index (Phi) is 3.54. The zero-order valence-electron chi connectivity index (χ0n) is 14.6. The van der Waals surface area contributed by atoms with Crippen LogP contribution in [0.1, 0.15) is 51.7 Å². The summed E-state index contributed by atoms with van der Waals surface area (Å²) in [7, 11) is 0. The predicted molar refractivity (Wildman–Crippen MR) is 89.7 cm³/mol. The number of nitrogens with one attached hydrogen (secondary N) is 1. The Morgan fingerprint density at radius 2 is 2.00 bits per heavy atom. The number of carbonyl (C=O) groups excluding carboxylic acids is 1. The maximum Gasteiger partial charge on any atom is 0.217 e. The van der Waals surface area contributed by atoms with E-state index < -0.39 is 0 Å². The van der Waals surface area contributed by atoms with Crippen molar-refractivity contribution < 1.29 is 13.9 Å². The minimum atomic E-state index is -0.213. The van der Waals surface area contributed by atoms with E-state index in [1.54, 1.807) is 6.92 Å². The first kappa shape index (κ1) is 16.1. The van der Waals surface area contributed by atoms with Crippen molar-refractivity contribution in [1.82, 2.24) is 5.32 Å². The van der Waals surface area contributed by atoms with Gasteiger partial charge < -0.3 is 10.1 Å². The molecule has 3 fully saturated rings. The summed E-state index contributed by atoms with van der Waals surface area (Å²) in [6.07, 6.45) is 3.30. The van der Waals surface area contributed by atoms with Crippen molar-refractivity contribution >= 4 is 5.91 Å². The van der Waals surface area contributed by atoms with Crippen LogP contribution < -0.4 is 5.32 Å².